The fourth-order valence-corrected chi connectivity index (χ4v) is 5.19. The van der Waals surface area contributed by atoms with Gasteiger partial charge in [0.25, 0.3) is 0 Å². The highest BCUT2D eigenvalue weighted by Gasteiger charge is 2.30. The predicted molar refractivity (Wildman–Crippen MR) is 113 cm³/mol. The van der Waals surface area contributed by atoms with Crippen LogP contribution >= 0.6 is 0 Å². The largest absolute Gasteiger partial charge is 0.493 e. The van der Waals surface area contributed by atoms with Crippen molar-refractivity contribution in [3.63, 3.8) is 0 Å². The molecule has 2 aromatic carbocycles. The number of hydrogen-bond donors (Lipinski definition) is 2. The third-order valence-electron chi connectivity index (χ3n) is 5.07. The summed E-state index contributed by atoms with van der Waals surface area (Å²) in [6.07, 6.45) is 0.211. The Morgan fingerprint density at radius 2 is 1.86 bits per heavy atom. The topological polar surface area (TPSA) is 92.9 Å². The van der Waals surface area contributed by atoms with Crippen molar-refractivity contribution in [3.8, 4) is 5.75 Å². The molecule has 6 nitrogen and oxygen atoms in total. The molecule has 2 aromatic rings. The number of nitrogens with zero attached hydrogens (tertiary/aromatic N) is 1. The maximum absolute atomic E-state index is 13.3. The van der Waals surface area contributed by atoms with Crippen LogP contribution in [0.15, 0.2) is 53.4 Å². The van der Waals surface area contributed by atoms with Crippen LogP contribution in [-0.4, -0.2) is 49.7 Å². The first-order chi connectivity index (χ1) is 13.8. The number of aliphatic hydroxyl groups excluding tert-OH is 1. The lowest BCUT2D eigenvalue weighted by molar-refractivity contribution is 0.116. The molecule has 0 spiro atoms. The Bertz CT molecular complexity index is 916. The van der Waals surface area contributed by atoms with Gasteiger partial charge in [0.15, 0.2) is 0 Å². The normalized spacial score (nSPS) is 15.9. The summed E-state index contributed by atoms with van der Waals surface area (Å²) in [5, 5.41) is 10.7. The molecule has 0 fully saturated rings. The Morgan fingerprint density at radius 1 is 1.14 bits per heavy atom. The smallest absolute Gasteiger partial charge is 0.243 e. The van der Waals surface area contributed by atoms with Crippen LogP contribution in [0.3, 0.4) is 0 Å². The summed E-state index contributed by atoms with van der Waals surface area (Å²) in [4.78, 5) is 0.228. The van der Waals surface area contributed by atoms with Crippen molar-refractivity contribution in [1.82, 2.24) is 4.31 Å². The molecule has 1 aliphatic heterocycles. The van der Waals surface area contributed by atoms with Gasteiger partial charge < -0.3 is 15.6 Å². The number of nitrogens with two attached hydrogens (primary N) is 1. The van der Waals surface area contributed by atoms with Crippen LogP contribution in [0.2, 0.25) is 0 Å². The van der Waals surface area contributed by atoms with E-state index in [1.165, 1.54) is 4.31 Å². The van der Waals surface area contributed by atoms with Crippen LogP contribution < -0.4 is 10.5 Å². The van der Waals surface area contributed by atoms with Gasteiger partial charge in [0.2, 0.25) is 10.0 Å². The maximum Gasteiger partial charge on any atom is 0.243 e. The van der Waals surface area contributed by atoms with E-state index >= 15 is 0 Å². The van der Waals surface area contributed by atoms with E-state index < -0.39 is 22.2 Å². The molecule has 2 unspecified atom stereocenters. The number of ether oxygens (including phenoxy) is 1. The molecule has 158 valence electrons. The molecule has 29 heavy (non-hydrogen) atoms. The number of rotatable bonds is 9. The van der Waals surface area contributed by atoms with Crippen LogP contribution in [0.5, 0.6) is 5.75 Å². The first-order valence-electron chi connectivity index (χ1n) is 10.0. The van der Waals surface area contributed by atoms with Crippen LogP contribution in [0.4, 0.5) is 0 Å². The summed E-state index contributed by atoms with van der Waals surface area (Å²) in [5.41, 5.74) is 8.11. The molecule has 0 saturated heterocycles. The van der Waals surface area contributed by atoms with Crippen LogP contribution in [0.1, 0.15) is 25.0 Å². The van der Waals surface area contributed by atoms with Crippen molar-refractivity contribution in [3.05, 3.63) is 59.7 Å². The standard InChI is InChI=1S/C22H30N2O4S/c1-16(2)14-24(15-21(25)20(23)12-17-6-4-3-5-7-17)29(26,27)19-8-9-22-18(13-19)10-11-28-22/h3-9,13,16,20-21,25H,10-12,14-15,23H2,1-2H3. The quantitative estimate of drug-likeness (QED) is 0.651. The van der Waals surface area contributed by atoms with Gasteiger partial charge in [-0.05, 0) is 41.7 Å². The number of fused-ring (bicyclic) bond motifs is 1. The van der Waals surface area contributed by atoms with Gasteiger partial charge in [-0.3, -0.25) is 0 Å². The average molecular weight is 419 g/mol. The van der Waals surface area contributed by atoms with Crippen molar-refractivity contribution in [2.24, 2.45) is 11.7 Å². The zero-order valence-electron chi connectivity index (χ0n) is 17.0. The Hall–Kier alpha value is -1.93. The summed E-state index contributed by atoms with van der Waals surface area (Å²) in [7, 11) is -3.76. The number of aliphatic hydroxyl groups is 1. The van der Waals surface area contributed by atoms with Crippen molar-refractivity contribution >= 4 is 10.0 Å². The minimum absolute atomic E-state index is 0.0396. The fourth-order valence-electron chi connectivity index (χ4n) is 3.52. The molecule has 0 saturated carbocycles. The van der Waals surface area contributed by atoms with Gasteiger partial charge in [0.05, 0.1) is 17.6 Å². The highest BCUT2D eigenvalue weighted by molar-refractivity contribution is 7.89. The zero-order valence-corrected chi connectivity index (χ0v) is 17.8. The Morgan fingerprint density at radius 3 is 2.55 bits per heavy atom. The van der Waals surface area contributed by atoms with Gasteiger partial charge >= 0.3 is 0 Å². The molecule has 0 radical (unpaired) electrons. The third-order valence-corrected chi connectivity index (χ3v) is 6.89. The SMILES string of the molecule is CC(C)CN(CC(O)C(N)Cc1ccccc1)S(=O)(=O)c1ccc2c(c1)CCO2. The van der Waals surface area contributed by atoms with Gasteiger partial charge in [-0.2, -0.15) is 4.31 Å². The van der Waals surface area contributed by atoms with E-state index in [9.17, 15) is 13.5 Å². The molecular weight excluding hydrogens is 388 g/mol. The van der Waals surface area contributed by atoms with E-state index in [-0.39, 0.29) is 17.4 Å². The lowest BCUT2D eigenvalue weighted by atomic mass is 10.0. The van der Waals surface area contributed by atoms with E-state index in [1.807, 2.05) is 44.2 Å². The highest BCUT2D eigenvalue weighted by atomic mass is 32.2. The summed E-state index contributed by atoms with van der Waals surface area (Å²) in [6, 6.07) is 14.1. The molecule has 0 bridgehead atoms. The average Bonchev–Trinajstić information content (AvgIpc) is 3.15. The Balaban J connectivity index is 1.77. The van der Waals surface area contributed by atoms with Crippen molar-refractivity contribution in [2.75, 3.05) is 19.7 Å². The zero-order chi connectivity index (χ0) is 21.0. The third kappa shape index (κ3) is 5.36. The molecule has 1 aliphatic rings. The van der Waals surface area contributed by atoms with Gasteiger partial charge in [-0.25, -0.2) is 8.42 Å². The van der Waals surface area contributed by atoms with E-state index in [4.69, 9.17) is 10.5 Å². The van der Waals surface area contributed by atoms with E-state index in [2.05, 4.69) is 0 Å². The fraction of sp³-hybridized carbons (Fsp3) is 0.455. The van der Waals surface area contributed by atoms with E-state index in [1.54, 1.807) is 18.2 Å². The first-order valence-corrected chi connectivity index (χ1v) is 11.4. The van der Waals surface area contributed by atoms with Crippen LogP contribution in [0, 0.1) is 5.92 Å². The molecule has 3 N–H and O–H groups in total. The van der Waals surface area contributed by atoms with Gasteiger partial charge in [0, 0.05) is 25.6 Å². The van der Waals surface area contributed by atoms with Crippen molar-refractivity contribution in [1.29, 1.82) is 0 Å². The maximum atomic E-state index is 13.3. The van der Waals surface area contributed by atoms with Gasteiger partial charge in [-0.1, -0.05) is 44.2 Å². The van der Waals surface area contributed by atoms with Crippen molar-refractivity contribution < 1.29 is 18.3 Å². The molecule has 0 aliphatic carbocycles. The first kappa shape index (κ1) is 21.8. The summed E-state index contributed by atoms with van der Waals surface area (Å²) < 4.78 is 33.5. The van der Waals surface area contributed by atoms with Gasteiger partial charge in [0.1, 0.15) is 5.75 Å². The number of benzene rings is 2. The number of hydrogen-bond acceptors (Lipinski definition) is 5. The van der Waals surface area contributed by atoms with Crippen molar-refractivity contribution in [2.45, 2.75) is 43.7 Å². The van der Waals surface area contributed by atoms with Crippen LogP contribution in [0.25, 0.3) is 0 Å². The molecule has 2 atom stereocenters. The summed E-state index contributed by atoms with van der Waals surface area (Å²) in [5.74, 6) is 0.851. The minimum atomic E-state index is -3.76. The second-order valence-corrected chi connectivity index (χ2v) is 9.94. The van der Waals surface area contributed by atoms with Gasteiger partial charge in [-0.15, -0.1) is 0 Å². The molecule has 3 rings (SSSR count). The van der Waals surface area contributed by atoms with E-state index in [0.29, 0.717) is 26.0 Å². The second-order valence-electron chi connectivity index (χ2n) is 8.00. The molecule has 1 heterocycles. The Labute approximate surface area is 173 Å². The summed E-state index contributed by atoms with van der Waals surface area (Å²) >= 11 is 0. The summed E-state index contributed by atoms with van der Waals surface area (Å²) in [6.45, 7) is 4.75. The molecule has 0 amide bonds. The predicted octanol–water partition coefficient (Wildman–Crippen LogP) is 2.20. The highest BCUT2D eigenvalue weighted by Crippen LogP contribution is 2.29. The molecule has 7 heteroatoms. The molecule has 0 aromatic heterocycles. The lowest BCUT2D eigenvalue weighted by Gasteiger charge is -2.29. The monoisotopic (exact) mass is 418 g/mol. The van der Waals surface area contributed by atoms with E-state index in [0.717, 1.165) is 16.9 Å². The number of sulfonamides is 1. The second kappa shape index (κ2) is 9.26. The van der Waals surface area contributed by atoms with Crippen LogP contribution in [-0.2, 0) is 22.9 Å². The Kier molecular flexibility index (Phi) is 6.95. The lowest BCUT2D eigenvalue weighted by Crippen LogP contribution is -2.47. The molecular formula is C22H30N2O4S. The minimum Gasteiger partial charge on any atom is -0.493 e.